The van der Waals surface area contributed by atoms with Gasteiger partial charge < -0.3 is 5.32 Å². The molecule has 1 N–H and O–H groups in total. The number of Topliss-reactive ketones (excluding diaryl/α,β-unsaturated/α-hetero) is 1. The summed E-state index contributed by atoms with van der Waals surface area (Å²) >= 11 is 0. The topological polar surface area (TPSA) is 83.6 Å². The summed E-state index contributed by atoms with van der Waals surface area (Å²) in [6.07, 6.45) is 0. The minimum Gasteiger partial charge on any atom is -0.342 e. The average Bonchev–Trinajstić information content (AvgIpc) is 2.86. The summed E-state index contributed by atoms with van der Waals surface area (Å²) < 4.78 is 0. The Balaban J connectivity index is 1.70. The van der Waals surface area contributed by atoms with Gasteiger partial charge in [-0.05, 0) is 26.0 Å². The van der Waals surface area contributed by atoms with Gasteiger partial charge in [-0.2, -0.15) is 0 Å². The van der Waals surface area contributed by atoms with Gasteiger partial charge in [0.2, 0.25) is 5.91 Å². The molecule has 6 heteroatoms. The minimum atomic E-state index is -1.17. The quantitative estimate of drug-likeness (QED) is 0.661. The molecule has 132 valence electrons. The van der Waals surface area contributed by atoms with Crippen LogP contribution in [0.25, 0.3) is 0 Å². The molecule has 0 radical (unpaired) electrons. The number of nitrogens with one attached hydrogen (secondary N) is 1. The molecule has 0 aliphatic carbocycles. The fourth-order valence-electron chi connectivity index (χ4n) is 2.92. The van der Waals surface area contributed by atoms with Crippen molar-refractivity contribution in [1.82, 2.24) is 10.2 Å². The molecule has 26 heavy (non-hydrogen) atoms. The minimum absolute atomic E-state index is 0.256. The lowest BCUT2D eigenvalue weighted by Gasteiger charge is -2.26. The van der Waals surface area contributed by atoms with Gasteiger partial charge in [0.25, 0.3) is 11.8 Å². The fourth-order valence-corrected chi connectivity index (χ4v) is 2.92. The highest BCUT2D eigenvalue weighted by molar-refractivity contribution is 6.22. The van der Waals surface area contributed by atoms with E-state index in [0.717, 1.165) is 4.90 Å². The zero-order chi connectivity index (χ0) is 18.9. The first-order chi connectivity index (χ1) is 12.3. The van der Waals surface area contributed by atoms with E-state index < -0.39 is 29.8 Å². The van der Waals surface area contributed by atoms with Crippen molar-refractivity contribution in [2.45, 2.75) is 19.4 Å². The number of rotatable bonds is 5. The lowest BCUT2D eigenvalue weighted by molar-refractivity contribution is -0.122. The molecule has 0 bridgehead atoms. The molecule has 3 rings (SSSR count). The number of benzene rings is 2. The molecule has 0 fully saturated rings. The first kappa shape index (κ1) is 17.5. The fraction of sp³-hybridized carbons (Fsp3) is 0.200. The van der Waals surface area contributed by atoms with Crippen LogP contribution >= 0.6 is 0 Å². The van der Waals surface area contributed by atoms with Crippen LogP contribution in [0.1, 0.15) is 44.9 Å². The van der Waals surface area contributed by atoms with Crippen molar-refractivity contribution in [2.75, 3.05) is 6.54 Å². The number of fused-ring (bicyclic) bond motifs is 1. The van der Waals surface area contributed by atoms with Crippen LogP contribution in [0.15, 0.2) is 54.6 Å². The van der Waals surface area contributed by atoms with Gasteiger partial charge in [-0.15, -0.1) is 0 Å². The largest absolute Gasteiger partial charge is 0.342 e. The van der Waals surface area contributed by atoms with E-state index in [4.69, 9.17) is 0 Å². The molecule has 0 spiro atoms. The Labute approximate surface area is 150 Å². The highest BCUT2D eigenvalue weighted by Gasteiger charge is 2.38. The second-order valence-electron chi connectivity index (χ2n) is 6.61. The summed E-state index contributed by atoms with van der Waals surface area (Å²) in [6, 6.07) is 15.0. The molecule has 3 amide bonds. The Morgan fingerprint density at radius 2 is 1.38 bits per heavy atom. The van der Waals surface area contributed by atoms with Crippen LogP contribution in [-0.2, 0) is 4.79 Å². The van der Waals surface area contributed by atoms with E-state index in [1.807, 2.05) is 0 Å². The van der Waals surface area contributed by atoms with Gasteiger partial charge in [0.05, 0.1) is 16.7 Å². The van der Waals surface area contributed by atoms with Crippen molar-refractivity contribution in [3.05, 3.63) is 71.3 Å². The van der Waals surface area contributed by atoms with E-state index in [-0.39, 0.29) is 16.9 Å². The summed E-state index contributed by atoms with van der Waals surface area (Å²) in [5, 5.41) is 2.61. The molecule has 1 heterocycles. The summed E-state index contributed by atoms with van der Waals surface area (Å²) in [5.41, 5.74) is -0.134. The average molecular weight is 350 g/mol. The van der Waals surface area contributed by atoms with Gasteiger partial charge in [0, 0.05) is 5.56 Å². The van der Waals surface area contributed by atoms with Crippen LogP contribution in [0.3, 0.4) is 0 Å². The van der Waals surface area contributed by atoms with Gasteiger partial charge in [-0.1, -0.05) is 42.5 Å². The second kappa shape index (κ2) is 6.55. The van der Waals surface area contributed by atoms with Crippen LogP contribution in [0.5, 0.6) is 0 Å². The Kier molecular flexibility index (Phi) is 4.42. The summed E-state index contributed by atoms with van der Waals surface area (Å²) in [5.74, 6) is -1.84. The van der Waals surface area contributed by atoms with Crippen molar-refractivity contribution < 1.29 is 19.2 Å². The van der Waals surface area contributed by atoms with Gasteiger partial charge in [-0.3, -0.25) is 24.1 Å². The maximum absolute atomic E-state index is 12.6. The Morgan fingerprint density at radius 3 is 1.92 bits per heavy atom. The lowest BCUT2D eigenvalue weighted by atomic mass is 9.93. The molecule has 0 aromatic heterocycles. The Hall–Kier alpha value is -3.28. The monoisotopic (exact) mass is 350 g/mol. The molecule has 1 aliphatic rings. The van der Waals surface area contributed by atoms with Crippen molar-refractivity contribution in [2.24, 2.45) is 0 Å². The van der Waals surface area contributed by atoms with Crippen molar-refractivity contribution in [3.63, 3.8) is 0 Å². The predicted octanol–water partition coefficient (Wildman–Crippen LogP) is 2.06. The van der Waals surface area contributed by atoms with Crippen molar-refractivity contribution in [3.8, 4) is 0 Å². The molecular formula is C20H18N2O4. The molecule has 0 saturated heterocycles. The number of imide groups is 1. The maximum atomic E-state index is 12.6. The molecule has 0 unspecified atom stereocenters. The standard InChI is InChI=1S/C20H18N2O4/c1-20(2,17(24)13-8-4-3-5-9-13)21-16(23)12-22-18(25)14-10-6-7-11-15(14)19(22)26/h3-11H,12H2,1-2H3,(H,21,23). The number of carbonyl (C=O) groups excluding carboxylic acids is 4. The van der Waals surface area contributed by atoms with Gasteiger partial charge in [0.15, 0.2) is 5.78 Å². The summed E-state index contributed by atoms with van der Waals surface area (Å²) in [4.78, 5) is 50.5. The number of hydrogen-bond acceptors (Lipinski definition) is 4. The van der Waals surface area contributed by atoms with Crippen LogP contribution in [0.2, 0.25) is 0 Å². The van der Waals surface area contributed by atoms with E-state index in [9.17, 15) is 19.2 Å². The van der Waals surface area contributed by atoms with Gasteiger partial charge in [-0.25, -0.2) is 0 Å². The molecule has 0 atom stereocenters. The highest BCUT2D eigenvalue weighted by atomic mass is 16.2. The number of carbonyl (C=O) groups is 4. The van der Waals surface area contributed by atoms with E-state index in [0.29, 0.717) is 5.56 Å². The van der Waals surface area contributed by atoms with Crippen LogP contribution in [0, 0.1) is 0 Å². The summed E-state index contributed by atoms with van der Waals surface area (Å²) in [6.45, 7) is 2.74. The molecule has 2 aromatic rings. The highest BCUT2D eigenvalue weighted by Crippen LogP contribution is 2.22. The molecular weight excluding hydrogens is 332 g/mol. The zero-order valence-electron chi connectivity index (χ0n) is 14.5. The Morgan fingerprint density at radius 1 is 0.885 bits per heavy atom. The van der Waals surface area contributed by atoms with E-state index in [1.165, 1.54) is 0 Å². The SMILES string of the molecule is CC(C)(NC(=O)CN1C(=O)c2ccccc2C1=O)C(=O)c1ccccc1. The van der Waals surface area contributed by atoms with Crippen LogP contribution in [0.4, 0.5) is 0 Å². The predicted molar refractivity (Wildman–Crippen MR) is 94.8 cm³/mol. The maximum Gasteiger partial charge on any atom is 0.262 e. The Bertz CT molecular complexity index is 868. The first-order valence-corrected chi connectivity index (χ1v) is 8.17. The van der Waals surface area contributed by atoms with Gasteiger partial charge >= 0.3 is 0 Å². The van der Waals surface area contributed by atoms with Gasteiger partial charge in [0.1, 0.15) is 6.54 Å². The normalized spacial score (nSPS) is 13.5. The van der Waals surface area contributed by atoms with E-state index in [1.54, 1.807) is 68.4 Å². The number of amides is 3. The number of hydrogen-bond donors (Lipinski definition) is 1. The third-order valence-electron chi connectivity index (χ3n) is 4.24. The number of ketones is 1. The first-order valence-electron chi connectivity index (χ1n) is 8.17. The van der Waals surface area contributed by atoms with Crippen molar-refractivity contribution in [1.29, 1.82) is 0 Å². The van der Waals surface area contributed by atoms with Crippen LogP contribution < -0.4 is 5.32 Å². The third kappa shape index (κ3) is 3.13. The van der Waals surface area contributed by atoms with Crippen LogP contribution in [-0.4, -0.2) is 40.5 Å². The number of nitrogens with zero attached hydrogens (tertiary/aromatic N) is 1. The molecule has 2 aromatic carbocycles. The lowest BCUT2D eigenvalue weighted by Crippen LogP contribution is -2.53. The van der Waals surface area contributed by atoms with E-state index in [2.05, 4.69) is 5.32 Å². The smallest absolute Gasteiger partial charge is 0.262 e. The van der Waals surface area contributed by atoms with Crippen molar-refractivity contribution >= 4 is 23.5 Å². The molecule has 0 saturated carbocycles. The second-order valence-corrected chi connectivity index (χ2v) is 6.61. The third-order valence-corrected chi connectivity index (χ3v) is 4.24. The zero-order valence-corrected chi connectivity index (χ0v) is 14.5. The van der Waals surface area contributed by atoms with E-state index >= 15 is 0 Å². The summed E-state index contributed by atoms with van der Waals surface area (Å²) in [7, 11) is 0. The molecule has 6 nitrogen and oxygen atoms in total. The molecule has 1 aliphatic heterocycles.